The lowest BCUT2D eigenvalue weighted by Crippen LogP contribution is -2.53. The lowest BCUT2D eigenvalue weighted by molar-refractivity contribution is -0.138. The van der Waals surface area contributed by atoms with E-state index in [0.29, 0.717) is 17.0 Å². The summed E-state index contributed by atoms with van der Waals surface area (Å²) in [6.07, 6.45) is 2.16. The molecule has 0 aliphatic carbocycles. The van der Waals surface area contributed by atoms with E-state index < -0.39 is 28.1 Å². The number of nitrogens with zero attached hydrogens (tertiary/aromatic N) is 3. The fourth-order valence-corrected chi connectivity index (χ4v) is 9.70. The van der Waals surface area contributed by atoms with E-state index in [9.17, 15) is 22.8 Å². The first kappa shape index (κ1) is 26.3. The molecule has 2 fully saturated rings. The van der Waals surface area contributed by atoms with Gasteiger partial charge in [0.05, 0.1) is 23.2 Å². The number of aromatic nitrogens is 1. The number of pyridine rings is 1. The maximum Gasteiger partial charge on any atom is 0.262 e. The third kappa shape index (κ3) is 5.16. The van der Waals surface area contributed by atoms with Crippen molar-refractivity contribution in [1.82, 2.24) is 19.5 Å². The minimum absolute atomic E-state index is 0.237. The van der Waals surface area contributed by atoms with Gasteiger partial charge in [0.2, 0.25) is 15.9 Å². The predicted molar refractivity (Wildman–Crippen MR) is 151 cm³/mol. The van der Waals surface area contributed by atoms with Crippen molar-refractivity contribution in [2.45, 2.75) is 36.7 Å². The van der Waals surface area contributed by atoms with Crippen LogP contribution in [-0.2, 0) is 31.8 Å². The van der Waals surface area contributed by atoms with Gasteiger partial charge in [-0.1, -0.05) is 12.1 Å². The van der Waals surface area contributed by atoms with Crippen LogP contribution < -0.4 is 5.32 Å². The van der Waals surface area contributed by atoms with Gasteiger partial charge in [-0.3, -0.25) is 19.4 Å². The van der Waals surface area contributed by atoms with Crippen LogP contribution in [0.4, 0.5) is 0 Å². The van der Waals surface area contributed by atoms with E-state index in [1.807, 2.05) is 35.0 Å². The largest absolute Gasteiger partial charge is 0.339 e. The molecule has 39 heavy (non-hydrogen) atoms. The Morgan fingerprint density at radius 2 is 1.97 bits per heavy atom. The van der Waals surface area contributed by atoms with Gasteiger partial charge in [-0.2, -0.15) is 4.31 Å². The maximum absolute atomic E-state index is 13.9. The second kappa shape index (κ2) is 10.5. The van der Waals surface area contributed by atoms with Gasteiger partial charge < -0.3 is 10.2 Å². The highest BCUT2D eigenvalue weighted by atomic mass is 32.2. The summed E-state index contributed by atoms with van der Waals surface area (Å²) in [4.78, 5) is 47.2. The van der Waals surface area contributed by atoms with Crippen molar-refractivity contribution in [3.05, 3.63) is 74.9 Å². The number of hydrogen-bond acceptors (Lipinski definition) is 9. The minimum Gasteiger partial charge on any atom is -0.339 e. The molecule has 3 unspecified atom stereocenters. The molecule has 0 bridgehead atoms. The quantitative estimate of drug-likeness (QED) is 0.332. The molecule has 0 radical (unpaired) electrons. The van der Waals surface area contributed by atoms with Crippen molar-refractivity contribution in [3.63, 3.8) is 0 Å². The van der Waals surface area contributed by atoms with Gasteiger partial charge in [0.25, 0.3) is 5.91 Å². The zero-order valence-corrected chi connectivity index (χ0v) is 23.8. The summed E-state index contributed by atoms with van der Waals surface area (Å²) in [6.45, 7) is -0.0385. The fraction of sp³-hybridized carbons (Fsp3) is 0.308. The lowest BCUT2D eigenvalue weighted by Gasteiger charge is -2.28. The highest BCUT2D eigenvalue weighted by molar-refractivity contribution is 7.88. The zero-order chi connectivity index (χ0) is 27.1. The number of Topliss-reactive ketones (excluding diaryl/α,β-unsaturated/α-hetero) is 1. The number of fused-ring (bicyclic) bond motifs is 2. The average Bonchev–Trinajstić information content (AvgIpc) is 3.71. The molecule has 6 heterocycles. The van der Waals surface area contributed by atoms with Crippen LogP contribution in [0.25, 0.3) is 9.40 Å². The maximum atomic E-state index is 13.9. The molecule has 4 aromatic heterocycles. The first-order valence-corrected chi connectivity index (χ1v) is 16.5. The molecule has 0 saturated carbocycles. The predicted octanol–water partition coefficient (Wildman–Crippen LogP) is 3.14. The van der Waals surface area contributed by atoms with Crippen LogP contribution in [-0.4, -0.2) is 71.4 Å². The lowest BCUT2D eigenvalue weighted by atomic mass is 10.1. The summed E-state index contributed by atoms with van der Waals surface area (Å²) in [5, 5.41) is 6.78. The molecular formula is C26H24N4O5S4. The SMILES string of the molecule is O=C(NC(Cc1cccs1)C(=O)N1CCC2C1C(=O)CN2S(=O)(=O)Cc1ccccn1)c1cc2sccc2s1. The van der Waals surface area contributed by atoms with Crippen molar-refractivity contribution >= 4 is 71.0 Å². The van der Waals surface area contributed by atoms with Gasteiger partial charge in [-0.05, 0) is 47.5 Å². The number of rotatable bonds is 8. The number of thiophene rings is 3. The van der Waals surface area contributed by atoms with Crippen LogP contribution in [0.3, 0.4) is 0 Å². The summed E-state index contributed by atoms with van der Waals surface area (Å²) >= 11 is 4.40. The second-order valence-corrected chi connectivity index (χ2v) is 14.5. The molecule has 0 aromatic carbocycles. The summed E-state index contributed by atoms with van der Waals surface area (Å²) in [7, 11) is -3.83. The van der Waals surface area contributed by atoms with Crippen molar-refractivity contribution in [2.24, 2.45) is 0 Å². The van der Waals surface area contributed by atoms with E-state index in [1.165, 1.54) is 38.1 Å². The number of ketones is 1. The monoisotopic (exact) mass is 600 g/mol. The molecule has 4 aromatic rings. The number of carbonyl (C=O) groups is 3. The number of nitrogens with one attached hydrogen (secondary N) is 1. The first-order chi connectivity index (χ1) is 18.8. The third-order valence-electron chi connectivity index (χ3n) is 7.03. The molecule has 2 aliphatic heterocycles. The molecule has 9 nitrogen and oxygen atoms in total. The smallest absolute Gasteiger partial charge is 0.262 e. The van der Waals surface area contributed by atoms with Crippen molar-refractivity contribution in [1.29, 1.82) is 0 Å². The summed E-state index contributed by atoms with van der Waals surface area (Å²) < 4.78 is 29.7. The van der Waals surface area contributed by atoms with Crippen molar-refractivity contribution < 1.29 is 22.8 Å². The van der Waals surface area contributed by atoms with Crippen LogP contribution in [0.2, 0.25) is 0 Å². The van der Waals surface area contributed by atoms with Crippen LogP contribution in [0, 0.1) is 0 Å². The molecule has 0 spiro atoms. The van der Waals surface area contributed by atoms with E-state index in [2.05, 4.69) is 10.3 Å². The Morgan fingerprint density at radius 3 is 2.72 bits per heavy atom. The standard InChI is InChI=1S/C26H24N4O5S4/c31-20-14-30(39(34,35)15-16-4-1-2-8-27-16)19-6-9-29(24(19)20)26(33)18(12-17-5-3-10-36-17)28-25(32)23-13-22-21(38-23)7-11-37-22/h1-5,7-8,10-11,13,18-19,24H,6,9,12,14-15H2,(H,28,32). The zero-order valence-electron chi connectivity index (χ0n) is 20.6. The molecule has 3 atom stereocenters. The van der Waals surface area contributed by atoms with Gasteiger partial charge in [-0.25, -0.2) is 8.42 Å². The average molecular weight is 601 g/mol. The topological polar surface area (TPSA) is 117 Å². The third-order valence-corrected chi connectivity index (χ3v) is 11.8. The summed E-state index contributed by atoms with van der Waals surface area (Å²) in [5.41, 5.74) is 0.395. The number of carbonyl (C=O) groups excluding carboxylic acids is 3. The number of hydrogen-bond donors (Lipinski definition) is 1. The van der Waals surface area contributed by atoms with Crippen LogP contribution in [0.15, 0.2) is 59.4 Å². The molecule has 13 heteroatoms. The number of sulfonamides is 1. The van der Waals surface area contributed by atoms with E-state index in [1.54, 1.807) is 29.5 Å². The van der Waals surface area contributed by atoms with E-state index in [0.717, 1.165) is 14.3 Å². The molecular weight excluding hydrogens is 577 g/mol. The molecule has 202 valence electrons. The highest BCUT2D eigenvalue weighted by Crippen LogP contribution is 2.34. The van der Waals surface area contributed by atoms with Crippen LogP contribution >= 0.6 is 34.0 Å². The van der Waals surface area contributed by atoms with Gasteiger partial charge in [0.1, 0.15) is 17.8 Å². The Kier molecular flexibility index (Phi) is 7.10. The Labute approximate surface area is 237 Å². The van der Waals surface area contributed by atoms with Crippen LogP contribution in [0.5, 0.6) is 0 Å². The van der Waals surface area contributed by atoms with E-state index >= 15 is 0 Å². The molecule has 6 rings (SSSR count). The molecule has 2 saturated heterocycles. The Morgan fingerprint density at radius 1 is 1.10 bits per heavy atom. The van der Waals surface area contributed by atoms with Gasteiger partial charge >= 0.3 is 0 Å². The Bertz CT molecular complexity index is 1600. The van der Waals surface area contributed by atoms with Gasteiger partial charge in [0.15, 0.2) is 5.78 Å². The second-order valence-electron chi connectivity index (χ2n) is 9.49. The highest BCUT2D eigenvalue weighted by Gasteiger charge is 2.54. The van der Waals surface area contributed by atoms with E-state index in [4.69, 9.17) is 0 Å². The van der Waals surface area contributed by atoms with Gasteiger partial charge in [-0.15, -0.1) is 34.0 Å². The van der Waals surface area contributed by atoms with Crippen molar-refractivity contribution in [3.8, 4) is 0 Å². The number of likely N-dealkylation sites (tertiary alicyclic amines) is 1. The number of amides is 2. The molecule has 2 amide bonds. The molecule has 1 N–H and O–H groups in total. The summed E-state index contributed by atoms with van der Waals surface area (Å²) in [5.74, 6) is -1.34. The van der Waals surface area contributed by atoms with Gasteiger partial charge in [0, 0.05) is 33.4 Å². The van der Waals surface area contributed by atoms with Crippen LogP contribution in [0.1, 0.15) is 26.7 Å². The van der Waals surface area contributed by atoms with E-state index in [-0.39, 0.29) is 42.9 Å². The first-order valence-electron chi connectivity index (χ1n) is 12.3. The Hall–Kier alpha value is -2.97. The Balaban J connectivity index is 1.22. The molecule has 2 aliphatic rings. The minimum atomic E-state index is -3.83. The van der Waals surface area contributed by atoms with Crippen molar-refractivity contribution in [2.75, 3.05) is 13.1 Å². The summed E-state index contributed by atoms with van der Waals surface area (Å²) in [6, 6.07) is 10.2. The fourth-order valence-electron chi connectivity index (χ4n) is 5.27. The normalized spacial score (nSPS) is 20.4.